The number of methoxy groups -OCH3 is 1. The number of fused-ring (bicyclic) bond motifs is 2. The summed E-state index contributed by atoms with van der Waals surface area (Å²) in [4.78, 5) is 35.1. The van der Waals surface area contributed by atoms with Crippen molar-refractivity contribution in [3.8, 4) is 11.5 Å². The molecule has 2 aliphatic carbocycles. The van der Waals surface area contributed by atoms with Crippen molar-refractivity contribution >= 4 is 17.9 Å². The average Bonchev–Trinajstić information content (AvgIpc) is 3.34. The van der Waals surface area contributed by atoms with E-state index in [0.29, 0.717) is 36.6 Å². The summed E-state index contributed by atoms with van der Waals surface area (Å²) in [6, 6.07) is 14.4. The predicted octanol–water partition coefficient (Wildman–Crippen LogP) is 9.61. The maximum absolute atomic E-state index is 14.0. The Hall–Kier alpha value is -4.47. The highest BCUT2D eigenvalue weighted by molar-refractivity contribution is 6.03. The minimum atomic E-state index is -1.51. The molecule has 0 bridgehead atoms. The molecule has 6 unspecified atom stereocenters. The van der Waals surface area contributed by atoms with Crippen LogP contribution in [0.5, 0.6) is 11.5 Å². The van der Waals surface area contributed by atoms with Crippen LogP contribution in [0.15, 0.2) is 78.0 Å². The van der Waals surface area contributed by atoms with Crippen LogP contribution in [0.3, 0.4) is 0 Å². The number of allylic oxidation sites excluding steroid dienone is 1. The summed E-state index contributed by atoms with van der Waals surface area (Å²) in [5.74, 6) is -1.53. The summed E-state index contributed by atoms with van der Waals surface area (Å²) in [7, 11) is 1.33. The van der Waals surface area contributed by atoms with E-state index in [1.165, 1.54) is 52.1 Å². The van der Waals surface area contributed by atoms with Crippen molar-refractivity contribution in [2.75, 3.05) is 59.8 Å². The Balaban J connectivity index is 1.55. The van der Waals surface area contributed by atoms with Gasteiger partial charge in [-0.25, -0.2) is 9.59 Å². The fraction of sp³-hybridized carbons (Fsp3) is 0.642. The number of oxime groups is 1. The second-order valence-electron chi connectivity index (χ2n) is 18.0. The highest BCUT2D eigenvalue weighted by atomic mass is 16.7. The molecule has 14 heteroatoms. The number of benzene rings is 2. The Kier molecular flexibility index (Phi) is 23.5. The summed E-state index contributed by atoms with van der Waals surface area (Å²) in [6.45, 7) is 7.30. The van der Waals surface area contributed by atoms with Crippen LogP contribution >= 0.6 is 0 Å². The molecule has 0 spiro atoms. The Labute approximate surface area is 399 Å². The minimum Gasteiger partial charge on any atom is -0.459 e. The van der Waals surface area contributed by atoms with E-state index in [-0.39, 0.29) is 77.0 Å². The van der Waals surface area contributed by atoms with Crippen molar-refractivity contribution in [1.82, 2.24) is 10.2 Å². The van der Waals surface area contributed by atoms with Gasteiger partial charge in [-0.2, -0.15) is 0 Å². The molecule has 2 amide bonds. The molecule has 5 rings (SSSR count). The summed E-state index contributed by atoms with van der Waals surface area (Å²) in [5.41, 5.74) is 3.27. The minimum absolute atomic E-state index is 0.0120. The lowest BCUT2D eigenvalue weighted by atomic mass is 9.55. The van der Waals surface area contributed by atoms with Crippen molar-refractivity contribution in [2.24, 2.45) is 22.9 Å². The van der Waals surface area contributed by atoms with Crippen LogP contribution in [0.1, 0.15) is 133 Å². The molecule has 2 aromatic carbocycles. The molecule has 67 heavy (non-hydrogen) atoms. The van der Waals surface area contributed by atoms with E-state index in [2.05, 4.69) is 24.9 Å². The van der Waals surface area contributed by atoms with Gasteiger partial charge in [0.1, 0.15) is 24.1 Å². The van der Waals surface area contributed by atoms with Crippen molar-refractivity contribution < 1.29 is 53.4 Å². The first kappa shape index (κ1) is 53.5. The highest BCUT2D eigenvalue weighted by Gasteiger charge is 2.65. The van der Waals surface area contributed by atoms with E-state index < -0.39 is 29.9 Å². The first-order valence-electron chi connectivity index (χ1n) is 25.1. The largest absolute Gasteiger partial charge is 0.459 e. The van der Waals surface area contributed by atoms with Crippen LogP contribution in [0.25, 0.3) is 0 Å². The molecule has 1 saturated carbocycles. The van der Waals surface area contributed by atoms with Crippen LogP contribution in [-0.2, 0) is 25.7 Å². The summed E-state index contributed by atoms with van der Waals surface area (Å²) in [5, 5.41) is 37.2. The summed E-state index contributed by atoms with van der Waals surface area (Å²) in [6.07, 6.45) is 19.3. The fourth-order valence-electron chi connectivity index (χ4n) is 10.2. The topological polar surface area (TPSA) is 178 Å². The number of rotatable bonds is 32. The molecular formula is C53H79N3O11. The number of ether oxygens (including phenoxy) is 5. The van der Waals surface area contributed by atoms with Gasteiger partial charge in [-0.05, 0) is 73.3 Å². The van der Waals surface area contributed by atoms with Gasteiger partial charge in [0.05, 0.1) is 45.2 Å². The van der Waals surface area contributed by atoms with Crippen LogP contribution in [0, 0.1) is 17.8 Å². The lowest BCUT2D eigenvalue weighted by Crippen LogP contribution is -2.70. The monoisotopic (exact) mass is 934 g/mol. The quantitative estimate of drug-likeness (QED) is 0.0312. The number of nitrogens with zero attached hydrogens (tertiary/aromatic N) is 2. The smallest absolute Gasteiger partial charge is 0.412 e. The Bertz CT molecular complexity index is 1840. The van der Waals surface area contributed by atoms with E-state index in [9.17, 15) is 24.9 Å². The Morgan fingerprint density at radius 3 is 2.30 bits per heavy atom. The van der Waals surface area contributed by atoms with Gasteiger partial charge in [-0.15, -0.1) is 6.58 Å². The molecule has 2 aromatic rings. The lowest BCUT2D eigenvalue weighted by Gasteiger charge is -2.59. The van der Waals surface area contributed by atoms with Gasteiger partial charge in [0, 0.05) is 44.2 Å². The van der Waals surface area contributed by atoms with E-state index in [1.54, 1.807) is 17.0 Å². The predicted molar refractivity (Wildman–Crippen MR) is 259 cm³/mol. The van der Waals surface area contributed by atoms with Gasteiger partial charge >= 0.3 is 12.2 Å². The number of hydrogen-bond acceptors (Lipinski definition) is 12. The van der Waals surface area contributed by atoms with E-state index in [4.69, 9.17) is 33.7 Å². The molecule has 372 valence electrons. The number of hydrogen-bond donors (Lipinski definition) is 4. The van der Waals surface area contributed by atoms with Crippen LogP contribution < -0.4 is 14.8 Å². The van der Waals surface area contributed by atoms with Crippen molar-refractivity contribution in [1.29, 1.82) is 0 Å². The lowest BCUT2D eigenvalue weighted by molar-refractivity contribution is -0.255. The number of carbonyl (C=O) groups is 2. The normalized spacial score (nSPS) is 22.2. The Morgan fingerprint density at radius 1 is 0.896 bits per heavy atom. The maximum Gasteiger partial charge on any atom is 0.412 e. The second kappa shape index (κ2) is 29.4. The SMILES string of the molecule is C=CCOC12Oc3ccc(OC(=O)NCCCCCCCCCCCC)cc3C3C(CCCCO)C(CCCCO)C=C(C(=NOCc4ccccc4)CC1N(CCOCCO)C(=O)OC)C32. The first-order valence-corrected chi connectivity index (χ1v) is 25.1. The van der Waals surface area contributed by atoms with Gasteiger partial charge in [-0.1, -0.05) is 125 Å². The van der Waals surface area contributed by atoms with Crippen LogP contribution in [0.2, 0.25) is 0 Å². The van der Waals surface area contributed by atoms with Crippen molar-refractivity contribution in [3.63, 3.8) is 0 Å². The third-order valence-electron chi connectivity index (χ3n) is 13.4. The van der Waals surface area contributed by atoms with E-state index in [1.807, 2.05) is 42.5 Å². The highest BCUT2D eigenvalue weighted by Crippen LogP contribution is 2.62. The zero-order valence-corrected chi connectivity index (χ0v) is 40.3. The molecule has 3 aliphatic rings. The number of amides is 2. The Morgan fingerprint density at radius 2 is 1.61 bits per heavy atom. The van der Waals surface area contributed by atoms with E-state index in [0.717, 1.165) is 61.6 Å². The first-order chi connectivity index (χ1) is 32.8. The van der Waals surface area contributed by atoms with Gasteiger partial charge in [0.25, 0.3) is 0 Å². The third kappa shape index (κ3) is 15.3. The molecule has 0 radical (unpaired) electrons. The molecule has 0 saturated heterocycles. The fourth-order valence-corrected chi connectivity index (χ4v) is 10.2. The molecule has 14 nitrogen and oxygen atoms in total. The number of carbonyl (C=O) groups excluding carboxylic acids is 2. The van der Waals surface area contributed by atoms with Crippen LogP contribution in [-0.4, -0.2) is 110 Å². The molecule has 1 aliphatic heterocycles. The summed E-state index contributed by atoms with van der Waals surface area (Å²) >= 11 is 0. The number of aliphatic hydroxyl groups excluding tert-OH is 3. The van der Waals surface area contributed by atoms with Gasteiger partial charge in [-0.3, -0.25) is 4.90 Å². The van der Waals surface area contributed by atoms with Crippen molar-refractivity contribution in [3.05, 3.63) is 84.0 Å². The number of nitrogens with one attached hydrogen (secondary N) is 1. The van der Waals surface area contributed by atoms with Gasteiger partial charge in [0.15, 0.2) is 0 Å². The molecule has 6 atom stereocenters. The van der Waals surface area contributed by atoms with Crippen LogP contribution in [0.4, 0.5) is 9.59 Å². The average molecular weight is 934 g/mol. The molecule has 4 N–H and O–H groups in total. The second-order valence-corrected chi connectivity index (χ2v) is 18.0. The van der Waals surface area contributed by atoms with Crippen molar-refractivity contribution in [2.45, 2.75) is 140 Å². The standard InChI is InChI=1S/C53H79N3O11/c1-4-6-7-8-9-10-11-12-13-19-28-54-51(60)66-42-26-27-47-45(37-42)49-43(25-18-21-31-58)41(24-17-20-30-57)36-44-46(55-65-39-40-22-15-14-16-23-40)38-48(53(67-47,50(44)49)64-33-5-2)56(52(61)62-3)29-34-63-35-32-59/h5,14-16,22-23,26-27,36-37,41,43,48-50,57-59H,2,4,6-13,17-21,24-25,28-35,38-39H2,1,3H3,(H,54,60). The maximum atomic E-state index is 14.0. The molecule has 1 fully saturated rings. The number of unbranched alkanes of at least 4 members (excludes halogenated alkanes) is 11. The zero-order chi connectivity index (χ0) is 47.7. The number of aliphatic hydroxyl groups is 3. The summed E-state index contributed by atoms with van der Waals surface area (Å²) < 4.78 is 31.4. The van der Waals surface area contributed by atoms with E-state index >= 15 is 0 Å². The van der Waals surface area contributed by atoms with Gasteiger partial charge < -0.3 is 49.2 Å². The third-order valence-corrected chi connectivity index (χ3v) is 13.4. The molecular weight excluding hydrogens is 855 g/mol. The van der Waals surface area contributed by atoms with Gasteiger partial charge in [0.2, 0.25) is 5.79 Å². The molecule has 1 heterocycles. The molecule has 0 aromatic heterocycles. The zero-order valence-electron chi connectivity index (χ0n) is 40.3.